The standard InChI is InChI=1S/C37H28P2/c1-5-17-29(18-6-1)38(30-19-7-2-8-20-30)37(35-27-15-13-25-33(35)34-26-14-16-28-36(34)37)39(31-21-9-3-10-22-31)32-23-11-4-12-24-32/h1-28H. The fraction of sp³-hybridized carbons (Fsp3) is 0.0270. The van der Waals surface area contributed by atoms with Gasteiger partial charge >= 0.3 is 0 Å². The lowest BCUT2D eigenvalue weighted by atomic mass is 10.1. The fourth-order valence-electron chi connectivity index (χ4n) is 6.12. The Morgan fingerprint density at radius 2 is 0.538 bits per heavy atom. The number of rotatable bonds is 6. The van der Waals surface area contributed by atoms with Crippen LogP contribution in [-0.2, 0) is 4.90 Å². The number of hydrogen-bond donors (Lipinski definition) is 0. The first-order chi connectivity index (χ1) is 19.4. The van der Waals surface area contributed by atoms with Gasteiger partial charge in [0.05, 0.1) is 4.90 Å². The Labute approximate surface area is 233 Å². The molecule has 0 saturated heterocycles. The van der Waals surface area contributed by atoms with Gasteiger partial charge in [0.15, 0.2) is 0 Å². The molecule has 6 aromatic rings. The van der Waals surface area contributed by atoms with Gasteiger partial charge in [-0.1, -0.05) is 170 Å². The van der Waals surface area contributed by atoms with E-state index in [1.807, 2.05) is 0 Å². The lowest BCUT2D eigenvalue weighted by molar-refractivity contribution is 1.10. The molecule has 6 aromatic carbocycles. The SMILES string of the molecule is c1ccc(P(c2ccccc2)C2(P(c3ccccc3)c3ccccc3)c3ccccc3-c3ccccc32)cc1. The molecule has 0 aromatic heterocycles. The van der Waals surface area contributed by atoms with Gasteiger partial charge in [-0.3, -0.25) is 0 Å². The first-order valence-corrected chi connectivity index (χ1v) is 16.1. The van der Waals surface area contributed by atoms with Crippen LogP contribution in [0.4, 0.5) is 0 Å². The summed E-state index contributed by atoms with van der Waals surface area (Å²) in [5.74, 6) is 0. The van der Waals surface area contributed by atoms with E-state index in [9.17, 15) is 0 Å². The smallest absolute Gasteiger partial charge is 0.0622 e. The number of hydrogen-bond acceptors (Lipinski definition) is 0. The van der Waals surface area contributed by atoms with E-state index in [4.69, 9.17) is 0 Å². The zero-order valence-electron chi connectivity index (χ0n) is 21.6. The topological polar surface area (TPSA) is 0 Å². The average molecular weight is 535 g/mol. The van der Waals surface area contributed by atoms with Crippen molar-refractivity contribution in [3.8, 4) is 11.1 Å². The van der Waals surface area contributed by atoms with Crippen molar-refractivity contribution in [3.63, 3.8) is 0 Å². The summed E-state index contributed by atoms with van der Waals surface area (Å²) in [6.45, 7) is 0. The third-order valence-electron chi connectivity index (χ3n) is 7.60. The maximum Gasteiger partial charge on any atom is 0.0773 e. The first kappa shape index (κ1) is 24.2. The van der Waals surface area contributed by atoms with Gasteiger partial charge in [-0.25, -0.2) is 0 Å². The predicted octanol–water partition coefficient (Wildman–Crippen LogP) is 8.13. The molecular weight excluding hydrogens is 506 g/mol. The molecule has 0 bridgehead atoms. The molecule has 7 rings (SSSR count). The van der Waals surface area contributed by atoms with Crippen LogP contribution in [0.25, 0.3) is 11.1 Å². The summed E-state index contributed by atoms with van der Waals surface area (Å²) >= 11 is 0. The van der Waals surface area contributed by atoms with E-state index in [2.05, 4.69) is 170 Å². The molecule has 2 heteroatoms. The van der Waals surface area contributed by atoms with E-state index in [0.717, 1.165) is 0 Å². The summed E-state index contributed by atoms with van der Waals surface area (Å²) in [5, 5.41) is 5.63. The van der Waals surface area contributed by atoms with Crippen LogP contribution in [0.2, 0.25) is 0 Å². The summed E-state index contributed by atoms with van der Waals surface area (Å²) in [6.07, 6.45) is 0. The van der Waals surface area contributed by atoms with Crippen LogP contribution in [0.15, 0.2) is 170 Å². The Hall–Kier alpha value is -3.82. The molecule has 186 valence electrons. The van der Waals surface area contributed by atoms with Crippen molar-refractivity contribution in [2.45, 2.75) is 4.90 Å². The lowest BCUT2D eigenvalue weighted by Gasteiger charge is -2.47. The van der Waals surface area contributed by atoms with Crippen LogP contribution in [-0.4, -0.2) is 0 Å². The molecule has 0 spiro atoms. The summed E-state index contributed by atoms with van der Waals surface area (Å²) in [5.41, 5.74) is 5.63. The second-order valence-electron chi connectivity index (χ2n) is 9.78. The first-order valence-electron chi connectivity index (χ1n) is 13.4. The maximum absolute atomic E-state index is 2.41. The highest BCUT2D eigenvalue weighted by Gasteiger charge is 2.55. The average Bonchev–Trinajstić information content (AvgIpc) is 3.30. The van der Waals surface area contributed by atoms with Crippen molar-refractivity contribution in [2.75, 3.05) is 0 Å². The molecular formula is C37H28P2. The molecule has 0 nitrogen and oxygen atoms in total. The Morgan fingerprint density at radius 3 is 0.846 bits per heavy atom. The monoisotopic (exact) mass is 534 g/mol. The van der Waals surface area contributed by atoms with Crippen LogP contribution >= 0.6 is 15.8 Å². The lowest BCUT2D eigenvalue weighted by Crippen LogP contribution is -2.36. The zero-order chi connectivity index (χ0) is 26.1. The van der Waals surface area contributed by atoms with E-state index in [-0.39, 0.29) is 4.90 Å². The number of fused-ring (bicyclic) bond motifs is 3. The van der Waals surface area contributed by atoms with E-state index in [0.29, 0.717) is 0 Å². The van der Waals surface area contributed by atoms with E-state index >= 15 is 0 Å². The molecule has 0 unspecified atom stereocenters. The molecule has 39 heavy (non-hydrogen) atoms. The van der Waals surface area contributed by atoms with Crippen LogP contribution in [0, 0.1) is 0 Å². The third kappa shape index (κ3) is 3.99. The molecule has 0 fully saturated rings. The minimum atomic E-state index is -0.867. The van der Waals surface area contributed by atoms with Gasteiger partial charge in [0, 0.05) is 0 Å². The summed E-state index contributed by atoms with van der Waals surface area (Å²) in [4.78, 5) is -0.261. The van der Waals surface area contributed by atoms with Crippen LogP contribution in [0.3, 0.4) is 0 Å². The Balaban J connectivity index is 1.69. The van der Waals surface area contributed by atoms with E-state index in [1.54, 1.807) is 0 Å². The molecule has 0 N–H and O–H groups in total. The van der Waals surface area contributed by atoms with Gasteiger partial charge in [-0.2, -0.15) is 0 Å². The fourth-order valence-corrected chi connectivity index (χ4v) is 14.0. The molecule has 1 aliphatic rings. The van der Waals surface area contributed by atoms with Gasteiger partial charge in [0.1, 0.15) is 0 Å². The molecule has 0 atom stereocenters. The quantitative estimate of drug-likeness (QED) is 0.189. The highest BCUT2D eigenvalue weighted by Crippen LogP contribution is 2.77. The summed E-state index contributed by atoms with van der Waals surface area (Å²) in [7, 11) is -1.73. The molecule has 0 radical (unpaired) electrons. The Bertz CT molecular complexity index is 1490. The minimum absolute atomic E-state index is 0.261. The highest BCUT2D eigenvalue weighted by atomic mass is 31.2. The largest absolute Gasteiger partial charge is 0.0773 e. The van der Waals surface area contributed by atoms with Gasteiger partial charge in [-0.05, 0) is 59.3 Å². The molecule has 0 heterocycles. The molecule has 0 saturated carbocycles. The molecule has 1 aliphatic carbocycles. The van der Waals surface area contributed by atoms with Crippen molar-refractivity contribution in [3.05, 3.63) is 181 Å². The van der Waals surface area contributed by atoms with Crippen molar-refractivity contribution in [1.29, 1.82) is 0 Å². The number of benzene rings is 6. The highest BCUT2D eigenvalue weighted by molar-refractivity contribution is 7.90. The predicted molar refractivity (Wildman–Crippen MR) is 171 cm³/mol. The normalized spacial score (nSPS) is 13.3. The second kappa shape index (κ2) is 10.4. The van der Waals surface area contributed by atoms with E-state index in [1.165, 1.54) is 43.5 Å². The van der Waals surface area contributed by atoms with Crippen LogP contribution < -0.4 is 21.2 Å². The Kier molecular flexibility index (Phi) is 6.46. The van der Waals surface area contributed by atoms with Gasteiger partial charge in [0.25, 0.3) is 0 Å². The van der Waals surface area contributed by atoms with Crippen molar-refractivity contribution < 1.29 is 0 Å². The van der Waals surface area contributed by atoms with Crippen LogP contribution in [0.5, 0.6) is 0 Å². The van der Waals surface area contributed by atoms with E-state index < -0.39 is 15.8 Å². The van der Waals surface area contributed by atoms with Gasteiger partial charge in [-0.15, -0.1) is 0 Å². The zero-order valence-corrected chi connectivity index (χ0v) is 23.3. The maximum atomic E-state index is 2.41. The van der Waals surface area contributed by atoms with Crippen LogP contribution in [0.1, 0.15) is 11.1 Å². The molecule has 0 amide bonds. The van der Waals surface area contributed by atoms with Crippen molar-refractivity contribution in [1.82, 2.24) is 0 Å². The van der Waals surface area contributed by atoms with Crippen molar-refractivity contribution in [2.24, 2.45) is 0 Å². The summed E-state index contributed by atoms with van der Waals surface area (Å²) < 4.78 is 0. The molecule has 0 aliphatic heterocycles. The van der Waals surface area contributed by atoms with Gasteiger partial charge < -0.3 is 0 Å². The Morgan fingerprint density at radius 1 is 0.282 bits per heavy atom. The van der Waals surface area contributed by atoms with Crippen molar-refractivity contribution >= 4 is 37.1 Å². The summed E-state index contributed by atoms with van der Waals surface area (Å²) in [6, 6.07) is 63.5. The third-order valence-corrected chi connectivity index (χ3v) is 14.3. The second-order valence-corrected chi connectivity index (χ2v) is 14.9. The minimum Gasteiger partial charge on any atom is -0.0622 e. The van der Waals surface area contributed by atoms with Gasteiger partial charge in [0.2, 0.25) is 0 Å².